The number of hydrogen-bond donors (Lipinski definition) is 0. The minimum absolute atomic E-state index is 0.0347. The van der Waals surface area contributed by atoms with Crippen molar-refractivity contribution in [1.82, 2.24) is 9.55 Å². The van der Waals surface area contributed by atoms with E-state index in [0.717, 1.165) is 20.8 Å². The second-order valence-electron chi connectivity index (χ2n) is 6.04. The number of thiophene rings is 1. The minimum atomic E-state index is -0.366. The van der Waals surface area contributed by atoms with Gasteiger partial charge < -0.3 is 4.74 Å². The van der Waals surface area contributed by atoms with Gasteiger partial charge in [0.05, 0.1) is 18.1 Å². The molecule has 140 valence electrons. The molecule has 27 heavy (non-hydrogen) atoms. The molecule has 7 heteroatoms. The topological polar surface area (TPSA) is 61.2 Å². The lowest BCUT2D eigenvalue weighted by atomic mass is 10.1. The molecular weight excluding hydrogens is 380 g/mol. The van der Waals surface area contributed by atoms with Crippen LogP contribution in [0.15, 0.2) is 46.9 Å². The second kappa shape index (κ2) is 8.10. The fourth-order valence-corrected chi connectivity index (χ4v) is 4.78. The van der Waals surface area contributed by atoms with Crippen LogP contribution in [0.25, 0.3) is 10.2 Å². The molecule has 0 unspecified atom stereocenters. The number of esters is 1. The predicted octanol–water partition coefficient (Wildman–Crippen LogP) is 4.34. The number of fused-ring (bicyclic) bond motifs is 1. The van der Waals surface area contributed by atoms with Crippen molar-refractivity contribution in [3.63, 3.8) is 0 Å². The average Bonchev–Trinajstić information content (AvgIpc) is 2.96. The molecule has 0 saturated carbocycles. The number of aromatic nitrogens is 2. The van der Waals surface area contributed by atoms with E-state index in [1.165, 1.54) is 18.9 Å². The number of rotatable bonds is 6. The number of thioether (sulfide) groups is 1. The van der Waals surface area contributed by atoms with Crippen LogP contribution < -0.4 is 5.56 Å². The van der Waals surface area contributed by atoms with Gasteiger partial charge in [-0.05, 0) is 37.1 Å². The molecule has 0 N–H and O–H groups in total. The van der Waals surface area contributed by atoms with Crippen molar-refractivity contribution in [3.8, 4) is 0 Å². The number of carbonyl (C=O) groups is 1. The zero-order valence-corrected chi connectivity index (χ0v) is 17.1. The van der Waals surface area contributed by atoms with Crippen LogP contribution in [0, 0.1) is 13.8 Å². The van der Waals surface area contributed by atoms with Crippen molar-refractivity contribution < 1.29 is 9.53 Å². The van der Waals surface area contributed by atoms with Crippen molar-refractivity contribution in [3.05, 3.63) is 68.8 Å². The lowest BCUT2D eigenvalue weighted by Gasteiger charge is -2.10. The van der Waals surface area contributed by atoms with E-state index in [1.807, 2.05) is 26.0 Å². The first-order valence-corrected chi connectivity index (χ1v) is 10.2. The molecule has 0 aliphatic carbocycles. The maximum absolute atomic E-state index is 13.0. The first-order chi connectivity index (χ1) is 13.0. The van der Waals surface area contributed by atoms with Gasteiger partial charge in [0.1, 0.15) is 4.83 Å². The summed E-state index contributed by atoms with van der Waals surface area (Å²) in [6.45, 7) is 8.13. The highest BCUT2D eigenvalue weighted by Crippen LogP contribution is 2.29. The third-order valence-electron chi connectivity index (χ3n) is 4.28. The van der Waals surface area contributed by atoms with Gasteiger partial charge in [-0.1, -0.05) is 30.0 Å². The smallest absolute Gasteiger partial charge is 0.337 e. The number of benzene rings is 1. The van der Waals surface area contributed by atoms with Gasteiger partial charge in [0, 0.05) is 17.2 Å². The maximum Gasteiger partial charge on any atom is 0.337 e. The van der Waals surface area contributed by atoms with Crippen LogP contribution in [0.2, 0.25) is 0 Å². The van der Waals surface area contributed by atoms with E-state index >= 15 is 0 Å². The zero-order chi connectivity index (χ0) is 19.6. The van der Waals surface area contributed by atoms with Crippen LogP contribution in [-0.2, 0) is 17.0 Å². The number of hydrogen-bond acceptors (Lipinski definition) is 6. The molecule has 3 aromatic rings. The Balaban J connectivity index is 1.97. The van der Waals surface area contributed by atoms with Crippen molar-refractivity contribution >= 4 is 39.3 Å². The third kappa shape index (κ3) is 3.84. The van der Waals surface area contributed by atoms with E-state index in [-0.39, 0.29) is 11.5 Å². The Bertz CT molecular complexity index is 1080. The predicted molar refractivity (Wildman–Crippen MR) is 111 cm³/mol. The molecule has 0 spiro atoms. The Labute approximate surface area is 165 Å². The van der Waals surface area contributed by atoms with Crippen LogP contribution in [0.1, 0.15) is 26.4 Å². The Hall–Kier alpha value is -2.38. The quantitative estimate of drug-likeness (QED) is 0.267. The fourth-order valence-electron chi connectivity index (χ4n) is 2.76. The van der Waals surface area contributed by atoms with Crippen LogP contribution in [0.3, 0.4) is 0 Å². The molecule has 0 amide bonds. The van der Waals surface area contributed by atoms with E-state index < -0.39 is 0 Å². The highest BCUT2D eigenvalue weighted by atomic mass is 32.2. The van der Waals surface area contributed by atoms with E-state index in [1.54, 1.807) is 34.1 Å². The summed E-state index contributed by atoms with van der Waals surface area (Å²) in [7, 11) is 1.36. The summed E-state index contributed by atoms with van der Waals surface area (Å²) in [5.74, 6) is 0.220. The van der Waals surface area contributed by atoms with Gasteiger partial charge in [-0.3, -0.25) is 9.36 Å². The van der Waals surface area contributed by atoms with Gasteiger partial charge in [-0.15, -0.1) is 17.9 Å². The van der Waals surface area contributed by atoms with Gasteiger partial charge in [-0.25, -0.2) is 9.78 Å². The van der Waals surface area contributed by atoms with Crippen molar-refractivity contribution in [2.75, 3.05) is 7.11 Å². The number of carbonyl (C=O) groups excluding carboxylic acids is 1. The van der Waals surface area contributed by atoms with Crippen LogP contribution in [-0.4, -0.2) is 22.6 Å². The average molecular weight is 401 g/mol. The Kier molecular flexibility index (Phi) is 5.82. The summed E-state index contributed by atoms with van der Waals surface area (Å²) >= 11 is 3.01. The summed E-state index contributed by atoms with van der Waals surface area (Å²) in [6.07, 6.45) is 1.70. The molecule has 2 heterocycles. The molecule has 0 fully saturated rings. The van der Waals surface area contributed by atoms with E-state index in [9.17, 15) is 9.59 Å². The highest BCUT2D eigenvalue weighted by molar-refractivity contribution is 7.98. The van der Waals surface area contributed by atoms with Crippen molar-refractivity contribution in [2.24, 2.45) is 0 Å². The minimum Gasteiger partial charge on any atom is -0.465 e. The van der Waals surface area contributed by atoms with E-state index in [2.05, 4.69) is 6.58 Å². The molecule has 0 aliphatic heterocycles. The lowest BCUT2D eigenvalue weighted by molar-refractivity contribution is 0.0600. The Morgan fingerprint density at radius 2 is 2.19 bits per heavy atom. The summed E-state index contributed by atoms with van der Waals surface area (Å²) in [5.41, 5.74) is 2.42. The van der Waals surface area contributed by atoms with Gasteiger partial charge in [0.25, 0.3) is 5.56 Å². The largest absolute Gasteiger partial charge is 0.465 e. The molecule has 0 aliphatic rings. The monoisotopic (exact) mass is 400 g/mol. The Morgan fingerprint density at radius 1 is 1.41 bits per heavy atom. The number of methoxy groups -OCH3 is 1. The summed E-state index contributed by atoms with van der Waals surface area (Å²) in [4.78, 5) is 31.3. The summed E-state index contributed by atoms with van der Waals surface area (Å²) in [6, 6.07) is 7.27. The van der Waals surface area contributed by atoms with Crippen LogP contribution in [0.4, 0.5) is 0 Å². The Morgan fingerprint density at radius 3 is 2.89 bits per heavy atom. The van der Waals surface area contributed by atoms with Gasteiger partial charge in [-0.2, -0.15) is 0 Å². The third-order valence-corrected chi connectivity index (χ3v) is 6.43. The standard InChI is InChI=1S/C20H20N2O3S2/c1-5-9-22-18(23)16-12(2)13(3)27-17(16)21-20(22)26-11-14-7-6-8-15(10-14)19(24)25-4/h5-8,10H,1,9,11H2,2-4H3. The molecule has 0 radical (unpaired) electrons. The second-order valence-corrected chi connectivity index (χ2v) is 8.19. The molecule has 0 saturated heterocycles. The van der Waals surface area contributed by atoms with E-state index in [4.69, 9.17) is 9.72 Å². The molecule has 1 aromatic carbocycles. The first-order valence-electron chi connectivity index (χ1n) is 8.37. The van der Waals surface area contributed by atoms with Crippen molar-refractivity contribution in [2.45, 2.75) is 31.3 Å². The summed E-state index contributed by atoms with van der Waals surface area (Å²) in [5, 5.41) is 1.34. The zero-order valence-electron chi connectivity index (χ0n) is 15.4. The normalized spacial score (nSPS) is 10.9. The number of ether oxygens (including phenoxy) is 1. The molecule has 0 bridgehead atoms. The fraction of sp³-hybridized carbons (Fsp3) is 0.250. The maximum atomic E-state index is 13.0. The highest BCUT2D eigenvalue weighted by Gasteiger charge is 2.16. The first kappa shape index (κ1) is 19.4. The number of allylic oxidation sites excluding steroid dienone is 1. The molecule has 2 aromatic heterocycles. The lowest BCUT2D eigenvalue weighted by Crippen LogP contribution is -2.22. The van der Waals surface area contributed by atoms with Gasteiger partial charge in [0.2, 0.25) is 0 Å². The van der Waals surface area contributed by atoms with Crippen LogP contribution in [0.5, 0.6) is 0 Å². The summed E-state index contributed by atoms with van der Waals surface area (Å²) < 4.78 is 6.43. The number of nitrogens with zero attached hydrogens (tertiary/aromatic N) is 2. The molecular formula is C20H20N2O3S2. The van der Waals surface area contributed by atoms with Crippen molar-refractivity contribution in [1.29, 1.82) is 0 Å². The SMILES string of the molecule is C=CCn1c(SCc2cccc(C(=O)OC)c2)nc2sc(C)c(C)c2c1=O. The molecule has 0 atom stereocenters. The number of aryl methyl sites for hydroxylation is 2. The van der Waals surface area contributed by atoms with Crippen LogP contribution >= 0.6 is 23.1 Å². The molecule has 5 nitrogen and oxygen atoms in total. The van der Waals surface area contributed by atoms with Gasteiger partial charge >= 0.3 is 5.97 Å². The van der Waals surface area contributed by atoms with Gasteiger partial charge in [0.15, 0.2) is 5.16 Å². The molecule has 3 rings (SSSR count). The van der Waals surface area contributed by atoms with E-state index in [0.29, 0.717) is 28.4 Å².